The number of amides is 1. The number of benzene rings is 1. The predicted octanol–water partition coefficient (Wildman–Crippen LogP) is 1.50. The molecule has 2 rings (SSSR count). The highest BCUT2D eigenvalue weighted by Gasteiger charge is 2.20. The lowest BCUT2D eigenvalue weighted by Gasteiger charge is -2.25. The van der Waals surface area contributed by atoms with Crippen molar-refractivity contribution in [3.63, 3.8) is 0 Å². The molecule has 0 aliphatic heterocycles. The van der Waals surface area contributed by atoms with E-state index in [9.17, 15) is 10.0 Å². The zero-order valence-corrected chi connectivity index (χ0v) is 10.9. The molecule has 0 atom stereocenters. The zero-order chi connectivity index (χ0) is 14.0. The van der Waals surface area contributed by atoms with E-state index in [2.05, 4.69) is 16.4 Å². The average Bonchev–Trinajstić information content (AvgIpc) is 2.76. The molecule has 0 aliphatic rings. The Morgan fingerprint density at radius 2 is 2.37 bits per heavy atom. The van der Waals surface area contributed by atoms with E-state index in [4.69, 9.17) is 0 Å². The van der Waals surface area contributed by atoms with E-state index in [0.29, 0.717) is 28.0 Å². The van der Waals surface area contributed by atoms with E-state index < -0.39 is 0 Å². The molecule has 0 saturated heterocycles. The summed E-state index contributed by atoms with van der Waals surface area (Å²) in [6.07, 6.45) is 1.68. The van der Waals surface area contributed by atoms with Gasteiger partial charge in [-0.15, -0.1) is 6.58 Å². The lowest BCUT2D eigenvalue weighted by molar-refractivity contribution is -0.782. The van der Waals surface area contributed by atoms with Crippen molar-refractivity contribution in [3.8, 4) is 0 Å². The standard InChI is InChI=1S/C13H15N3O3/c1-4-7-15(9(2)3)13(17)10-5-6-12-11(8-10)14-19-16(12)18/h4-6,8-9H,1,7H2,2-3H3. The predicted molar refractivity (Wildman–Crippen MR) is 69.3 cm³/mol. The van der Waals surface area contributed by atoms with Gasteiger partial charge in [-0.2, -0.15) is 0 Å². The topological polar surface area (TPSA) is 73.3 Å². The van der Waals surface area contributed by atoms with E-state index in [0.717, 1.165) is 0 Å². The molecule has 0 aliphatic carbocycles. The number of hydrogen-bond acceptors (Lipinski definition) is 4. The summed E-state index contributed by atoms with van der Waals surface area (Å²) < 4.78 is 4.48. The third-order valence-electron chi connectivity index (χ3n) is 2.84. The van der Waals surface area contributed by atoms with E-state index in [-0.39, 0.29) is 11.9 Å². The Labute approximate surface area is 110 Å². The summed E-state index contributed by atoms with van der Waals surface area (Å²) in [5, 5.41) is 14.8. The Morgan fingerprint density at radius 3 is 3.00 bits per heavy atom. The smallest absolute Gasteiger partial charge is 0.254 e. The molecule has 6 nitrogen and oxygen atoms in total. The SMILES string of the molecule is C=CCN(C(=O)c1ccc2c(c1)no[n+]2[O-])C(C)C. The molecule has 0 unspecified atom stereocenters. The fourth-order valence-electron chi connectivity index (χ4n) is 1.84. The third-order valence-corrected chi connectivity index (χ3v) is 2.84. The normalized spacial score (nSPS) is 10.9. The van der Waals surface area contributed by atoms with Gasteiger partial charge in [0.2, 0.25) is 11.0 Å². The molecule has 0 bridgehead atoms. The van der Waals surface area contributed by atoms with Crippen molar-refractivity contribution in [2.45, 2.75) is 19.9 Å². The summed E-state index contributed by atoms with van der Waals surface area (Å²) in [5.74, 6) is -0.128. The first-order valence-electron chi connectivity index (χ1n) is 5.96. The van der Waals surface area contributed by atoms with Gasteiger partial charge in [0.15, 0.2) is 0 Å². The lowest BCUT2D eigenvalue weighted by atomic mass is 10.1. The van der Waals surface area contributed by atoms with Crippen LogP contribution in [0.5, 0.6) is 0 Å². The molecule has 0 spiro atoms. The summed E-state index contributed by atoms with van der Waals surface area (Å²) in [7, 11) is 0. The van der Waals surface area contributed by atoms with Gasteiger partial charge in [0.1, 0.15) is 0 Å². The van der Waals surface area contributed by atoms with Gasteiger partial charge in [0, 0.05) is 29.4 Å². The number of hydrogen-bond donors (Lipinski definition) is 0. The maximum Gasteiger partial charge on any atom is 0.254 e. The molecule has 2 aromatic rings. The number of nitrogens with zero attached hydrogens (tertiary/aromatic N) is 3. The van der Waals surface area contributed by atoms with Gasteiger partial charge in [-0.25, -0.2) is 0 Å². The van der Waals surface area contributed by atoms with E-state index in [1.165, 1.54) is 6.07 Å². The highest BCUT2D eigenvalue weighted by molar-refractivity contribution is 5.97. The van der Waals surface area contributed by atoms with E-state index in [1.54, 1.807) is 23.1 Å². The summed E-state index contributed by atoms with van der Waals surface area (Å²) in [5.41, 5.74) is 1.14. The Balaban J connectivity index is 2.37. The van der Waals surface area contributed by atoms with Crippen molar-refractivity contribution in [1.82, 2.24) is 10.1 Å². The molecular weight excluding hydrogens is 246 g/mol. The Kier molecular flexibility index (Phi) is 3.50. The molecule has 19 heavy (non-hydrogen) atoms. The zero-order valence-electron chi connectivity index (χ0n) is 10.9. The Morgan fingerprint density at radius 1 is 1.63 bits per heavy atom. The second-order valence-corrected chi connectivity index (χ2v) is 4.47. The van der Waals surface area contributed by atoms with Gasteiger partial charge >= 0.3 is 0 Å². The molecule has 6 heteroatoms. The highest BCUT2D eigenvalue weighted by atomic mass is 16.8. The maximum absolute atomic E-state index is 12.4. The van der Waals surface area contributed by atoms with Crippen molar-refractivity contribution < 1.29 is 14.3 Å². The minimum absolute atomic E-state index is 0.0583. The highest BCUT2D eigenvalue weighted by Crippen LogP contribution is 2.14. The van der Waals surface area contributed by atoms with E-state index >= 15 is 0 Å². The van der Waals surface area contributed by atoms with Gasteiger partial charge in [-0.05, 0) is 30.9 Å². The quantitative estimate of drug-likeness (QED) is 0.617. The minimum Gasteiger partial charge on any atom is -0.359 e. The van der Waals surface area contributed by atoms with Crippen LogP contribution < -0.4 is 4.90 Å². The van der Waals surface area contributed by atoms with E-state index in [1.807, 2.05) is 13.8 Å². The Hall–Kier alpha value is -2.37. The van der Waals surface area contributed by atoms with Gasteiger partial charge < -0.3 is 10.1 Å². The van der Waals surface area contributed by atoms with Gasteiger partial charge in [-0.1, -0.05) is 6.08 Å². The van der Waals surface area contributed by atoms with Crippen LogP contribution in [0.3, 0.4) is 0 Å². The fourth-order valence-corrected chi connectivity index (χ4v) is 1.84. The van der Waals surface area contributed by atoms with Crippen LogP contribution in [0.4, 0.5) is 0 Å². The van der Waals surface area contributed by atoms with Crippen LogP contribution in [0.1, 0.15) is 24.2 Å². The number of carbonyl (C=O) groups is 1. The molecule has 0 fully saturated rings. The molecule has 0 saturated carbocycles. The molecule has 0 radical (unpaired) electrons. The molecule has 1 amide bonds. The first kappa shape index (κ1) is 13.1. The number of aromatic nitrogens is 2. The number of carbonyl (C=O) groups excluding carboxylic acids is 1. The van der Waals surface area contributed by atoms with Crippen molar-refractivity contribution in [1.29, 1.82) is 0 Å². The number of rotatable bonds is 4. The molecule has 0 N–H and O–H groups in total. The lowest BCUT2D eigenvalue weighted by Crippen LogP contribution is -2.37. The summed E-state index contributed by atoms with van der Waals surface area (Å²) >= 11 is 0. The average molecular weight is 261 g/mol. The van der Waals surface area contributed by atoms with Crippen LogP contribution in [0.25, 0.3) is 11.0 Å². The maximum atomic E-state index is 12.4. The largest absolute Gasteiger partial charge is 0.359 e. The molecular formula is C13H15N3O3. The molecule has 1 aromatic heterocycles. The van der Waals surface area contributed by atoms with Crippen molar-refractivity contribution in [3.05, 3.63) is 41.6 Å². The summed E-state index contributed by atoms with van der Waals surface area (Å²) in [4.78, 5) is 14.4. The third kappa shape index (κ3) is 2.42. The van der Waals surface area contributed by atoms with Gasteiger partial charge in [0.05, 0.1) is 0 Å². The van der Waals surface area contributed by atoms with Crippen molar-refractivity contribution >= 4 is 16.9 Å². The van der Waals surface area contributed by atoms with Crippen molar-refractivity contribution in [2.75, 3.05) is 6.54 Å². The van der Waals surface area contributed by atoms with Crippen LogP contribution in [0.2, 0.25) is 0 Å². The second kappa shape index (κ2) is 5.09. The van der Waals surface area contributed by atoms with Crippen LogP contribution in [0, 0.1) is 5.21 Å². The van der Waals surface area contributed by atoms with Gasteiger partial charge in [0.25, 0.3) is 5.91 Å². The second-order valence-electron chi connectivity index (χ2n) is 4.47. The molecule has 100 valence electrons. The van der Waals surface area contributed by atoms with Crippen LogP contribution >= 0.6 is 0 Å². The van der Waals surface area contributed by atoms with Crippen LogP contribution in [-0.4, -0.2) is 28.6 Å². The van der Waals surface area contributed by atoms with Gasteiger partial charge in [-0.3, -0.25) is 9.42 Å². The monoisotopic (exact) mass is 261 g/mol. The first-order chi connectivity index (χ1) is 9.04. The fraction of sp³-hybridized carbons (Fsp3) is 0.308. The van der Waals surface area contributed by atoms with Crippen LogP contribution in [0.15, 0.2) is 35.5 Å². The molecule has 1 aromatic carbocycles. The Bertz CT molecular complexity index is 619. The molecule has 1 heterocycles. The van der Waals surface area contributed by atoms with Crippen LogP contribution in [-0.2, 0) is 0 Å². The van der Waals surface area contributed by atoms with Crippen molar-refractivity contribution in [2.24, 2.45) is 0 Å². The summed E-state index contributed by atoms with van der Waals surface area (Å²) in [6, 6.07) is 4.73. The number of fused-ring (bicyclic) bond motifs is 1. The summed E-state index contributed by atoms with van der Waals surface area (Å²) in [6.45, 7) is 7.98. The first-order valence-corrected chi connectivity index (χ1v) is 5.96. The minimum atomic E-state index is -0.128.